The van der Waals surface area contributed by atoms with Crippen LogP contribution in [0.15, 0.2) is 0 Å². The number of unbranched alkanes of at least 4 members (excludes halogenated alkanes) is 1. The molecule has 1 atom stereocenters. The lowest BCUT2D eigenvalue weighted by atomic mass is 10.1. The molecule has 0 unspecified atom stereocenters. The van der Waals surface area contributed by atoms with Gasteiger partial charge in [-0.25, -0.2) is 0 Å². The van der Waals surface area contributed by atoms with Crippen LogP contribution in [-0.4, -0.2) is 13.1 Å². The Morgan fingerprint density at radius 1 is 1.60 bits per heavy atom. The quantitative estimate of drug-likeness (QED) is 0.564. The molecule has 0 N–H and O–H groups in total. The fourth-order valence-corrected chi connectivity index (χ4v) is 0.829. The second-order valence-corrected chi connectivity index (χ2v) is 2.57. The lowest BCUT2D eigenvalue weighted by molar-refractivity contribution is -0.145. The van der Waals surface area contributed by atoms with Gasteiger partial charge in [0, 0.05) is 0 Å². The van der Waals surface area contributed by atoms with Gasteiger partial charge < -0.3 is 4.74 Å². The molecule has 10 heavy (non-hydrogen) atoms. The van der Waals surface area contributed by atoms with Crippen LogP contribution in [0.4, 0.5) is 0 Å². The van der Waals surface area contributed by atoms with Crippen molar-refractivity contribution in [3.8, 4) is 0 Å². The standard InChI is InChI=1S/C8H16O2/c1-4-5-6-7(2)8(9)10-3/h7H,4-6H2,1-3H3/t7-/m1/s1. The van der Waals surface area contributed by atoms with E-state index in [0.717, 1.165) is 19.3 Å². The molecule has 0 fully saturated rings. The van der Waals surface area contributed by atoms with Crippen LogP contribution in [-0.2, 0) is 9.53 Å². The Bertz CT molecular complexity index is 99.4. The topological polar surface area (TPSA) is 26.3 Å². The first-order valence-corrected chi connectivity index (χ1v) is 3.80. The lowest BCUT2D eigenvalue weighted by Crippen LogP contribution is -2.12. The van der Waals surface area contributed by atoms with Gasteiger partial charge in [0.15, 0.2) is 0 Å². The summed E-state index contributed by atoms with van der Waals surface area (Å²) in [6.07, 6.45) is 3.20. The van der Waals surface area contributed by atoms with Crippen LogP contribution in [0.1, 0.15) is 33.1 Å². The SMILES string of the molecule is CCCC[C@@H](C)C(=O)OC. The summed E-state index contributed by atoms with van der Waals surface area (Å²) in [4.78, 5) is 10.8. The van der Waals surface area contributed by atoms with Crippen molar-refractivity contribution in [2.45, 2.75) is 33.1 Å². The molecule has 60 valence electrons. The van der Waals surface area contributed by atoms with E-state index >= 15 is 0 Å². The smallest absolute Gasteiger partial charge is 0.308 e. The van der Waals surface area contributed by atoms with Gasteiger partial charge in [0.05, 0.1) is 13.0 Å². The van der Waals surface area contributed by atoms with E-state index in [9.17, 15) is 4.79 Å². The molecule has 0 heterocycles. The van der Waals surface area contributed by atoms with E-state index in [1.807, 2.05) is 6.92 Å². The molecule has 0 aromatic heterocycles. The van der Waals surface area contributed by atoms with Gasteiger partial charge >= 0.3 is 5.97 Å². The maximum Gasteiger partial charge on any atom is 0.308 e. The van der Waals surface area contributed by atoms with E-state index in [0.29, 0.717) is 0 Å². The lowest BCUT2D eigenvalue weighted by Gasteiger charge is -2.06. The highest BCUT2D eigenvalue weighted by Gasteiger charge is 2.10. The molecular weight excluding hydrogens is 128 g/mol. The van der Waals surface area contributed by atoms with E-state index in [4.69, 9.17) is 0 Å². The highest BCUT2D eigenvalue weighted by atomic mass is 16.5. The van der Waals surface area contributed by atoms with Gasteiger partial charge in [-0.2, -0.15) is 0 Å². The number of rotatable bonds is 4. The molecule has 2 nitrogen and oxygen atoms in total. The van der Waals surface area contributed by atoms with Crippen molar-refractivity contribution in [3.63, 3.8) is 0 Å². The van der Waals surface area contributed by atoms with E-state index in [-0.39, 0.29) is 11.9 Å². The molecular formula is C8H16O2. The number of hydrogen-bond donors (Lipinski definition) is 0. The maximum absolute atomic E-state index is 10.8. The second-order valence-electron chi connectivity index (χ2n) is 2.57. The highest BCUT2D eigenvalue weighted by Crippen LogP contribution is 2.08. The van der Waals surface area contributed by atoms with Crippen LogP contribution in [0, 0.1) is 5.92 Å². The fourth-order valence-electron chi connectivity index (χ4n) is 0.829. The van der Waals surface area contributed by atoms with Crippen LogP contribution in [0.5, 0.6) is 0 Å². The summed E-state index contributed by atoms with van der Waals surface area (Å²) in [6.45, 7) is 4.02. The molecule has 2 heteroatoms. The first kappa shape index (κ1) is 9.47. The van der Waals surface area contributed by atoms with Gasteiger partial charge in [0.25, 0.3) is 0 Å². The Labute approximate surface area is 62.6 Å². The number of hydrogen-bond acceptors (Lipinski definition) is 2. The van der Waals surface area contributed by atoms with Crippen LogP contribution < -0.4 is 0 Å². The number of ether oxygens (including phenoxy) is 1. The monoisotopic (exact) mass is 144 g/mol. The first-order chi connectivity index (χ1) is 4.72. The Balaban J connectivity index is 3.41. The van der Waals surface area contributed by atoms with Crippen LogP contribution in [0.25, 0.3) is 0 Å². The number of methoxy groups -OCH3 is 1. The minimum Gasteiger partial charge on any atom is -0.469 e. The van der Waals surface area contributed by atoms with Crippen LogP contribution >= 0.6 is 0 Å². The molecule has 0 rings (SSSR count). The Kier molecular flexibility index (Phi) is 4.99. The minimum atomic E-state index is -0.0894. The Hall–Kier alpha value is -0.530. The van der Waals surface area contributed by atoms with Crippen molar-refractivity contribution in [2.75, 3.05) is 7.11 Å². The molecule has 0 saturated carbocycles. The van der Waals surface area contributed by atoms with Crippen molar-refractivity contribution in [1.29, 1.82) is 0 Å². The maximum atomic E-state index is 10.8. The van der Waals surface area contributed by atoms with Gasteiger partial charge in [0.1, 0.15) is 0 Å². The van der Waals surface area contributed by atoms with E-state index in [2.05, 4.69) is 11.7 Å². The fraction of sp³-hybridized carbons (Fsp3) is 0.875. The average molecular weight is 144 g/mol. The summed E-state index contributed by atoms with van der Waals surface area (Å²) < 4.78 is 4.57. The van der Waals surface area contributed by atoms with E-state index < -0.39 is 0 Å². The first-order valence-electron chi connectivity index (χ1n) is 3.80. The average Bonchev–Trinajstić information content (AvgIpc) is 1.98. The zero-order valence-electron chi connectivity index (χ0n) is 7.02. The molecule has 0 aromatic rings. The molecule has 0 bridgehead atoms. The zero-order valence-corrected chi connectivity index (χ0v) is 7.02. The van der Waals surface area contributed by atoms with Crippen molar-refractivity contribution in [1.82, 2.24) is 0 Å². The minimum absolute atomic E-state index is 0.0740. The van der Waals surface area contributed by atoms with Gasteiger partial charge in [-0.15, -0.1) is 0 Å². The zero-order chi connectivity index (χ0) is 7.98. The third-order valence-electron chi connectivity index (χ3n) is 1.59. The van der Waals surface area contributed by atoms with Crippen molar-refractivity contribution >= 4 is 5.97 Å². The summed E-state index contributed by atoms with van der Waals surface area (Å²) in [5.41, 5.74) is 0. The van der Waals surface area contributed by atoms with Crippen molar-refractivity contribution < 1.29 is 9.53 Å². The second kappa shape index (κ2) is 5.27. The summed E-state index contributed by atoms with van der Waals surface area (Å²) in [5, 5.41) is 0. The molecule has 0 aliphatic rings. The van der Waals surface area contributed by atoms with Crippen LogP contribution in [0.3, 0.4) is 0 Å². The Morgan fingerprint density at radius 2 is 2.20 bits per heavy atom. The Morgan fingerprint density at radius 3 is 2.60 bits per heavy atom. The summed E-state index contributed by atoms with van der Waals surface area (Å²) >= 11 is 0. The molecule has 0 saturated heterocycles. The van der Waals surface area contributed by atoms with Gasteiger partial charge in [0.2, 0.25) is 0 Å². The third kappa shape index (κ3) is 3.49. The number of carbonyl (C=O) groups is 1. The molecule has 0 aromatic carbocycles. The summed E-state index contributed by atoms with van der Waals surface area (Å²) in [6, 6.07) is 0. The van der Waals surface area contributed by atoms with Crippen molar-refractivity contribution in [3.05, 3.63) is 0 Å². The normalized spacial score (nSPS) is 12.7. The predicted molar refractivity (Wildman–Crippen MR) is 40.7 cm³/mol. The van der Waals surface area contributed by atoms with E-state index in [1.165, 1.54) is 7.11 Å². The van der Waals surface area contributed by atoms with Gasteiger partial charge in [-0.1, -0.05) is 26.7 Å². The molecule has 0 amide bonds. The molecule has 0 aliphatic heterocycles. The molecule has 0 radical (unpaired) electrons. The van der Waals surface area contributed by atoms with Gasteiger partial charge in [-0.05, 0) is 6.42 Å². The van der Waals surface area contributed by atoms with Gasteiger partial charge in [-0.3, -0.25) is 4.79 Å². The predicted octanol–water partition coefficient (Wildman–Crippen LogP) is 1.99. The van der Waals surface area contributed by atoms with Crippen molar-refractivity contribution in [2.24, 2.45) is 5.92 Å². The van der Waals surface area contributed by atoms with Crippen LogP contribution in [0.2, 0.25) is 0 Å². The summed E-state index contributed by atoms with van der Waals surface area (Å²) in [5.74, 6) is -0.0154. The summed E-state index contributed by atoms with van der Waals surface area (Å²) in [7, 11) is 1.44. The van der Waals surface area contributed by atoms with E-state index in [1.54, 1.807) is 0 Å². The third-order valence-corrected chi connectivity index (χ3v) is 1.59. The number of carbonyl (C=O) groups excluding carboxylic acids is 1. The molecule has 0 spiro atoms. The largest absolute Gasteiger partial charge is 0.469 e. The highest BCUT2D eigenvalue weighted by molar-refractivity contribution is 5.71. The molecule has 0 aliphatic carbocycles. The number of esters is 1.